The second kappa shape index (κ2) is 5.17. The van der Waals surface area contributed by atoms with E-state index in [1.54, 1.807) is 25.1 Å². The minimum Gasteiger partial charge on any atom is -0.360 e. The first kappa shape index (κ1) is 13.2. The Balaban J connectivity index is 1.97. The molecule has 0 aromatic rings. The molecule has 0 aromatic carbocycles. The SMILES string of the molecule is CC1ON(C)C=C1C(=O)NC(=S)N1CCNC1=S. The number of hydroxylamine groups is 2. The van der Waals surface area contributed by atoms with Crippen molar-refractivity contribution >= 4 is 40.6 Å². The van der Waals surface area contributed by atoms with Gasteiger partial charge in [-0.05, 0) is 31.4 Å². The predicted octanol–water partition coefficient (Wildman–Crippen LogP) is -0.273. The van der Waals surface area contributed by atoms with Crippen molar-refractivity contribution in [3.05, 3.63) is 11.8 Å². The smallest absolute Gasteiger partial charge is 0.257 e. The number of amides is 1. The van der Waals surface area contributed by atoms with E-state index in [4.69, 9.17) is 29.3 Å². The average Bonchev–Trinajstić information content (AvgIpc) is 2.84. The molecule has 2 aliphatic heterocycles. The Hall–Kier alpha value is -1.25. The molecule has 1 fully saturated rings. The Labute approximate surface area is 116 Å². The van der Waals surface area contributed by atoms with Crippen LogP contribution in [0.5, 0.6) is 0 Å². The molecule has 0 radical (unpaired) electrons. The Kier molecular flexibility index (Phi) is 3.79. The topological polar surface area (TPSA) is 56.8 Å². The van der Waals surface area contributed by atoms with Crippen LogP contribution in [0.15, 0.2) is 11.8 Å². The fourth-order valence-electron chi connectivity index (χ4n) is 1.78. The van der Waals surface area contributed by atoms with E-state index in [0.717, 1.165) is 6.54 Å². The van der Waals surface area contributed by atoms with Crippen molar-refractivity contribution in [2.45, 2.75) is 13.0 Å². The Morgan fingerprint density at radius 2 is 2.39 bits per heavy atom. The number of rotatable bonds is 1. The van der Waals surface area contributed by atoms with Crippen LogP contribution in [0.4, 0.5) is 0 Å². The molecule has 1 amide bonds. The van der Waals surface area contributed by atoms with E-state index < -0.39 is 0 Å². The van der Waals surface area contributed by atoms with E-state index in [-0.39, 0.29) is 12.0 Å². The summed E-state index contributed by atoms with van der Waals surface area (Å²) in [6.07, 6.45) is 1.37. The van der Waals surface area contributed by atoms with E-state index in [1.807, 2.05) is 0 Å². The molecule has 18 heavy (non-hydrogen) atoms. The van der Waals surface area contributed by atoms with Gasteiger partial charge in [-0.2, -0.15) is 0 Å². The molecule has 1 atom stereocenters. The maximum absolute atomic E-state index is 12.0. The second-order valence-electron chi connectivity index (χ2n) is 4.02. The van der Waals surface area contributed by atoms with Crippen LogP contribution in [0, 0.1) is 0 Å². The molecule has 0 aromatic heterocycles. The van der Waals surface area contributed by atoms with Gasteiger partial charge in [-0.3, -0.25) is 24.9 Å². The molecule has 0 bridgehead atoms. The van der Waals surface area contributed by atoms with Gasteiger partial charge in [0.2, 0.25) is 0 Å². The molecule has 0 saturated carbocycles. The highest BCUT2D eigenvalue weighted by molar-refractivity contribution is 7.81. The predicted molar refractivity (Wildman–Crippen MR) is 74.4 cm³/mol. The molecule has 1 saturated heterocycles. The van der Waals surface area contributed by atoms with Gasteiger partial charge in [-0.25, -0.2) is 0 Å². The Bertz CT molecular complexity index is 438. The molecule has 98 valence electrons. The molecule has 2 aliphatic rings. The Morgan fingerprint density at radius 1 is 1.67 bits per heavy atom. The highest BCUT2D eigenvalue weighted by atomic mass is 32.1. The van der Waals surface area contributed by atoms with Crippen LogP contribution < -0.4 is 10.6 Å². The standard InChI is InChI=1S/C10H14N4O2S2/c1-6-7(5-13(2)16-6)8(15)12-10(18)14-4-3-11-9(14)17/h5-6H,3-4H2,1-2H3,(H,11,17)(H,12,15,18). The lowest BCUT2D eigenvalue weighted by molar-refractivity contribution is -0.121. The van der Waals surface area contributed by atoms with Crippen LogP contribution in [0.3, 0.4) is 0 Å². The summed E-state index contributed by atoms with van der Waals surface area (Å²) in [6.45, 7) is 3.21. The van der Waals surface area contributed by atoms with Gasteiger partial charge in [0.05, 0.1) is 5.57 Å². The number of carbonyl (C=O) groups is 1. The summed E-state index contributed by atoms with van der Waals surface area (Å²) < 4.78 is 0. The molecule has 2 heterocycles. The lowest BCUT2D eigenvalue weighted by Crippen LogP contribution is -2.45. The van der Waals surface area contributed by atoms with Crippen molar-refractivity contribution in [3.63, 3.8) is 0 Å². The third kappa shape index (κ3) is 2.60. The van der Waals surface area contributed by atoms with E-state index in [2.05, 4.69) is 10.6 Å². The Morgan fingerprint density at radius 3 is 2.89 bits per heavy atom. The summed E-state index contributed by atoms with van der Waals surface area (Å²) >= 11 is 10.2. The van der Waals surface area contributed by atoms with Gasteiger partial charge in [-0.1, -0.05) is 0 Å². The van der Waals surface area contributed by atoms with E-state index in [1.165, 1.54) is 5.06 Å². The van der Waals surface area contributed by atoms with Crippen molar-refractivity contribution in [1.29, 1.82) is 0 Å². The van der Waals surface area contributed by atoms with E-state index in [9.17, 15) is 4.79 Å². The highest BCUT2D eigenvalue weighted by Crippen LogP contribution is 2.16. The number of carbonyl (C=O) groups excluding carboxylic acids is 1. The first-order chi connectivity index (χ1) is 8.49. The van der Waals surface area contributed by atoms with Crippen LogP contribution >= 0.6 is 24.4 Å². The average molecular weight is 286 g/mol. The fourth-order valence-corrected chi connectivity index (χ4v) is 2.40. The minimum atomic E-state index is -0.276. The molecule has 0 aliphatic carbocycles. The van der Waals surface area contributed by atoms with Crippen LogP contribution in [-0.2, 0) is 9.63 Å². The first-order valence-corrected chi connectivity index (χ1v) is 6.32. The van der Waals surface area contributed by atoms with Crippen LogP contribution in [0.1, 0.15) is 6.92 Å². The van der Waals surface area contributed by atoms with Crippen molar-refractivity contribution < 1.29 is 9.63 Å². The van der Waals surface area contributed by atoms with Gasteiger partial charge in [0, 0.05) is 26.3 Å². The molecule has 0 spiro atoms. The summed E-state index contributed by atoms with van der Waals surface area (Å²) in [4.78, 5) is 19.0. The molecule has 8 heteroatoms. The number of thiocarbonyl (C=S) groups is 2. The van der Waals surface area contributed by atoms with Crippen LogP contribution in [-0.4, -0.2) is 52.3 Å². The van der Waals surface area contributed by atoms with Crippen molar-refractivity contribution in [2.24, 2.45) is 0 Å². The van der Waals surface area contributed by atoms with Gasteiger partial charge in [0.25, 0.3) is 5.91 Å². The largest absolute Gasteiger partial charge is 0.360 e. The lowest BCUT2D eigenvalue weighted by Gasteiger charge is -2.18. The zero-order valence-corrected chi connectivity index (χ0v) is 11.7. The highest BCUT2D eigenvalue weighted by Gasteiger charge is 2.28. The third-order valence-corrected chi connectivity index (χ3v) is 3.36. The van der Waals surface area contributed by atoms with Crippen LogP contribution in [0.25, 0.3) is 0 Å². The first-order valence-electron chi connectivity index (χ1n) is 5.51. The normalized spacial score (nSPS) is 22.9. The molecule has 1 unspecified atom stereocenters. The zero-order chi connectivity index (χ0) is 13.3. The summed E-state index contributed by atoms with van der Waals surface area (Å²) in [5.41, 5.74) is 0.540. The molecular formula is C10H14N4O2S2. The summed E-state index contributed by atoms with van der Waals surface area (Å²) in [6, 6.07) is 0. The van der Waals surface area contributed by atoms with Gasteiger partial charge in [0.1, 0.15) is 6.10 Å². The maximum Gasteiger partial charge on any atom is 0.257 e. The molecular weight excluding hydrogens is 272 g/mol. The van der Waals surface area contributed by atoms with Gasteiger partial charge in [0.15, 0.2) is 10.2 Å². The summed E-state index contributed by atoms with van der Waals surface area (Å²) in [5, 5.41) is 8.01. The maximum atomic E-state index is 12.0. The second-order valence-corrected chi connectivity index (χ2v) is 4.79. The minimum absolute atomic E-state index is 0.258. The van der Waals surface area contributed by atoms with Crippen molar-refractivity contribution in [3.8, 4) is 0 Å². The van der Waals surface area contributed by atoms with Crippen molar-refractivity contribution in [2.75, 3.05) is 20.1 Å². The number of hydrogen-bond donors (Lipinski definition) is 2. The number of nitrogens with zero attached hydrogens (tertiary/aromatic N) is 2. The van der Waals surface area contributed by atoms with Crippen molar-refractivity contribution in [1.82, 2.24) is 20.6 Å². The van der Waals surface area contributed by atoms with E-state index in [0.29, 0.717) is 22.3 Å². The monoisotopic (exact) mass is 286 g/mol. The zero-order valence-electron chi connectivity index (χ0n) is 10.1. The van der Waals surface area contributed by atoms with Gasteiger partial charge >= 0.3 is 0 Å². The fraction of sp³-hybridized carbons (Fsp3) is 0.500. The third-order valence-electron chi connectivity index (χ3n) is 2.67. The quantitative estimate of drug-likeness (QED) is 0.643. The molecule has 6 nitrogen and oxygen atoms in total. The lowest BCUT2D eigenvalue weighted by atomic mass is 10.2. The summed E-state index contributed by atoms with van der Waals surface area (Å²) in [7, 11) is 1.73. The van der Waals surface area contributed by atoms with Crippen LogP contribution in [0.2, 0.25) is 0 Å². The van der Waals surface area contributed by atoms with Gasteiger partial charge < -0.3 is 5.32 Å². The van der Waals surface area contributed by atoms with Gasteiger partial charge in [-0.15, -0.1) is 0 Å². The molecule has 2 N–H and O–H groups in total. The summed E-state index contributed by atoms with van der Waals surface area (Å²) in [5.74, 6) is -0.258. The number of nitrogens with one attached hydrogen (secondary N) is 2. The number of hydrogen-bond acceptors (Lipinski definition) is 5. The molecule has 2 rings (SSSR count). The van der Waals surface area contributed by atoms with E-state index >= 15 is 0 Å².